The van der Waals surface area contributed by atoms with Gasteiger partial charge in [0.25, 0.3) is 11.6 Å². The number of carbonyl (C=O) groups excluding carboxylic acids is 1. The van der Waals surface area contributed by atoms with Crippen molar-refractivity contribution in [3.63, 3.8) is 0 Å². The zero-order valence-electron chi connectivity index (χ0n) is 6.66. The third-order valence-electron chi connectivity index (χ3n) is 1.49. The van der Waals surface area contributed by atoms with Gasteiger partial charge >= 0.3 is 0 Å². The van der Waals surface area contributed by atoms with Crippen molar-refractivity contribution < 1.29 is 18.5 Å². The highest BCUT2D eigenvalue weighted by molar-refractivity contribution is 5.93. The maximum absolute atomic E-state index is 12.8. The number of halogens is 2. The second-order valence-corrected chi connectivity index (χ2v) is 2.41. The molecule has 0 aliphatic carbocycles. The Balaban J connectivity index is 3.43. The Labute approximate surface area is 76.3 Å². The number of nitro benzene ring substituents is 1. The number of nitrogens with two attached hydrogens (primary N) is 1. The number of hydrogen-bond donors (Lipinski definition) is 1. The Morgan fingerprint density at radius 1 is 1.43 bits per heavy atom. The molecule has 0 spiro atoms. The van der Waals surface area contributed by atoms with E-state index in [4.69, 9.17) is 0 Å². The lowest BCUT2D eigenvalue weighted by molar-refractivity contribution is -0.385. The molecule has 1 rings (SSSR count). The van der Waals surface area contributed by atoms with Crippen LogP contribution in [0.1, 0.15) is 10.4 Å². The fourth-order valence-corrected chi connectivity index (χ4v) is 0.859. The molecule has 2 N–H and O–H groups in total. The van der Waals surface area contributed by atoms with Crippen LogP contribution in [-0.2, 0) is 0 Å². The molecule has 0 saturated carbocycles. The van der Waals surface area contributed by atoms with E-state index in [9.17, 15) is 23.7 Å². The molecule has 0 aromatic heterocycles. The zero-order chi connectivity index (χ0) is 10.9. The van der Waals surface area contributed by atoms with Gasteiger partial charge in [-0.3, -0.25) is 14.9 Å². The molecule has 0 unspecified atom stereocenters. The molecule has 1 aromatic rings. The average molecular weight is 202 g/mol. The Morgan fingerprint density at radius 3 is 2.43 bits per heavy atom. The van der Waals surface area contributed by atoms with Crippen LogP contribution < -0.4 is 5.73 Å². The summed E-state index contributed by atoms with van der Waals surface area (Å²) in [7, 11) is 0. The van der Waals surface area contributed by atoms with Crippen molar-refractivity contribution in [2.24, 2.45) is 5.73 Å². The summed E-state index contributed by atoms with van der Waals surface area (Å²) in [6.07, 6.45) is 0. The molecule has 7 heteroatoms. The van der Waals surface area contributed by atoms with Crippen LogP contribution in [0.4, 0.5) is 14.5 Å². The number of nitro groups is 1. The van der Waals surface area contributed by atoms with Crippen LogP contribution in [0, 0.1) is 21.7 Å². The van der Waals surface area contributed by atoms with E-state index >= 15 is 0 Å². The van der Waals surface area contributed by atoms with Gasteiger partial charge in [-0.05, 0) is 0 Å². The van der Waals surface area contributed by atoms with Crippen molar-refractivity contribution in [3.05, 3.63) is 39.4 Å². The van der Waals surface area contributed by atoms with Gasteiger partial charge in [0.2, 0.25) is 0 Å². The van der Waals surface area contributed by atoms with Gasteiger partial charge < -0.3 is 5.73 Å². The second kappa shape index (κ2) is 3.36. The summed E-state index contributed by atoms with van der Waals surface area (Å²) in [6.45, 7) is 0. The van der Waals surface area contributed by atoms with E-state index in [2.05, 4.69) is 5.73 Å². The zero-order valence-corrected chi connectivity index (χ0v) is 6.66. The number of amides is 1. The van der Waals surface area contributed by atoms with Crippen LogP contribution >= 0.6 is 0 Å². The van der Waals surface area contributed by atoms with Crippen molar-refractivity contribution in [2.45, 2.75) is 0 Å². The third kappa shape index (κ3) is 1.65. The van der Waals surface area contributed by atoms with Crippen LogP contribution in [0.25, 0.3) is 0 Å². The number of benzene rings is 1. The Morgan fingerprint density at radius 2 is 2.00 bits per heavy atom. The van der Waals surface area contributed by atoms with E-state index < -0.39 is 33.7 Å². The predicted molar refractivity (Wildman–Crippen MR) is 41.5 cm³/mol. The van der Waals surface area contributed by atoms with Crippen molar-refractivity contribution in [1.82, 2.24) is 0 Å². The lowest BCUT2D eigenvalue weighted by atomic mass is 10.1. The Bertz CT molecular complexity index is 420. The van der Waals surface area contributed by atoms with Gasteiger partial charge in [0.05, 0.1) is 16.6 Å². The van der Waals surface area contributed by atoms with E-state index in [0.717, 1.165) is 0 Å². The largest absolute Gasteiger partial charge is 0.366 e. The summed E-state index contributed by atoms with van der Waals surface area (Å²) in [4.78, 5) is 19.8. The molecule has 74 valence electrons. The molecular formula is C7H4F2N2O3. The lowest BCUT2D eigenvalue weighted by Gasteiger charge is -1.99. The third-order valence-corrected chi connectivity index (χ3v) is 1.49. The number of nitrogens with zero attached hydrogens (tertiary/aromatic N) is 1. The first-order valence-corrected chi connectivity index (χ1v) is 3.36. The van der Waals surface area contributed by atoms with E-state index in [0.29, 0.717) is 12.1 Å². The molecule has 0 atom stereocenters. The Hall–Kier alpha value is -2.05. The number of rotatable bonds is 2. The van der Waals surface area contributed by atoms with Crippen LogP contribution in [0.3, 0.4) is 0 Å². The highest BCUT2D eigenvalue weighted by Gasteiger charge is 2.19. The summed E-state index contributed by atoms with van der Waals surface area (Å²) < 4.78 is 25.5. The molecular weight excluding hydrogens is 198 g/mol. The molecule has 0 aliphatic heterocycles. The van der Waals surface area contributed by atoms with Gasteiger partial charge in [0.1, 0.15) is 0 Å². The highest BCUT2D eigenvalue weighted by atomic mass is 19.2. The molecule has 1 amide bonds. The fraction of sp³-hybridized carbons (Fsp3) is 0. The smallest absolute Gasteiger partial charge is 0.273 e. The van der Waals surface area contributed by atoms with Crippen LogP contribution in [0.5, 0.6) is 0 Å². The second-order valence-electron chi connectivity index (χ2n) is 2.41. The predicted octanol–water partition coefficient (Wildman–Crippen LogP) is 0.972. The van der Waals surface area contributed by atoms with E-state index in [-0.39, 0.29) is 0 Å². The quantitative estimate of drug-likeness (QED) is 0.572. The van der Waals surface area contributed by atoms with Crippen molar-refractivity contribution in [3.8, 4) is 0 Å². The molecule has 0 heterocycles. The summed E-state index contributed by atoms with van der Waals surface area (Å²) in [6, 6.07) is 0.961. The number of hydrogen-bond acceptors (Lipinski definition) is 3. The molecule has 14 heavy (non-hydrogen) atoms. The van der Waals surface area contributed by atoms with Crippen LogP contribution in [-0.4, -0.2) is 10.8 Å². The maximum atomic E-state index is 12.8. The minimum Gasteiger partial charge on any atom is -0.366 e. The minimum absolute atomic E-state index is 0.377. The molecule has 0 radical (unpaired) electrons. The average Bonchev–Trinajstić information content (AvgIpc) is 2.08. The van der Waals surface area contributed by atoms with Gasteiger partial charge in [0, 0.05) is 6.07 Å². The molecule has 0 aliphatic rings. The minimum atomic E-state index is -1.48. The van der Waals surface area contributed by atoms with Gasteiger partial charge in [-0.1, -0.05) is 0 Å². The van der Waals surface area contributed by atoms with E-state index in [1.165, 1.54) is 0 Å². The molecule has 1 aromatic carbocycles. The number of non-ortho nitro benzene ring substituents is 1. The molecule has 5 nitrogen and oxygen atoms in total. The molecule has 0 saturated heterocycles. The summed E-state index contributed by atoms with van der Waals surface area (Å²) >= 11 is 0. The SMILES string of the molecule is NC(=O)c1cc([N+](=O)[O-])cc(F)c1F. The first-order valence-electron chi connectivity index (χ1n) is 3.36. The summed E-state index contributed by atoms with van der Waals surface area (Å²) in [5, 5.41) is 10.2. The van der Waals surface area contributed by atoms with Gasteiger partial charge in [0.15, 0.2) is 11.6 Å². The van der Waals surface area contributed by atoms with E-state index in [1.807, 2.05) is 0 Å². The van der Waals surface area contributed by atoms with Crippen molar-refractivity contribution in [1.29, 1.82) is 0 Å². The van der Waals surface area contributed by atoms with Crippen LogP contribution in [0.15, 0.2) is 12.1 Å². The topological polar surface area (TPSA) is 86.2 Å². The standard InChI is InChI=1S/C7H4F2N2O3/c8-5-2-3(11(13)14)1-4(6(5)9)7(10)12/h1-2H,(H2,10,12). The van der Waals surface area contributed by atoms with Crippen molar-refractivity contribution in [2.75, 3.05) is 0 Å². The first kappa shape index (κ1) is 10.0. The lowest BCUT2D eigenvalue weighted by Crippen LogP contribution is -2.14. The molecule has 0 bridgehead atoms. The van der Waals surface area contributed by atoms with E-state index in [1.54, 1.807) is 0 Å². The number of carbonyl (C=O) groups is 1. The fourth-order valence-electron chi connectivity index (χ4n) is 0.859. The first-order chi connectivity index (χ1) is 6.43. The maximum Gasteiger partial charge on any atom is 0.273 e. The van der Waals surface area contributed by atoms with Gasteiger partial charge in [-0.2, -0.15) is 0 Å². The highest BCUT2D eigenvalue weighted by Crippen LogP contribution is 2.19. The Kier molecular flexibility index (Phi) is 2.41. The van der Waals surface area contributed by atoms with Gasteiger partial charge in [-0.15, -0.1) is 0 Å². The number of primary amides is 1. The monoisotopic (exact) mass is 202 g/mol. The van der Waals surface area contributed by atoms with Crippen molar-refractivity contribution >= 4 is 11.6 Å². The van der Waals surface area contributed by atoms with Crippen LogP contribution in [0.2, 0.25) is 0 Å². The molecule has 0 fully saturated rings. The summed E-state index contributed by atoms with van der Waals surface area (Å²) in [5.74, 6) is -4.22. The summed E-state index contributed by atoms with van der Waals surface area (Å²) in [5.41, 5.74) is 3.12. The van der Waals surface area contributed by atoms with Gasteiger partial charge in [-0.25, -0.2) is 8.78 Å². The normalized spacial score (nSPS) is 9.86.